The molecule has 1 aliphatic rings. The summed E-state index contributed by atoms with van der Waals surface area (Å²) >= 11 is 0. The second-order valence-corrected chi connectivity index (χ2v) is 7.71. The van der Waals surface area contributed by atoms with Gasteiger partial charge in [-0.05, 0) is 43.0 Å². The Kier molecular flexibility index (Phi) is 6.48. The van der Waals surface area contributed by atoms with Gasteiger partial charge < -0.3 is 5.32 Å². The lowest BCUT2D eigenvalue weighted by Crippen LogP contribution is -2.45. The molecule has 9 heteroatoms. The molecular weight excluding hydrogens is 353 g/mol. The predicted molar refractivity (Wildman–Crippen MR) is 84.1 cm³/mol. The molecule has 1 unspecified atom stereocenters. The van der Waals surface area contributed by atoms with Crippen molar-refractivity contribution >= 4 is 22.4 Å². The van der Waals surface area contributed by atoms with E-state index in [-0.39, 0.29) is 29.3 Å². The molecule has 4 nitrogen and oxygen atoms in total. The molecule has 0 aromatic heterocycles. The van der Waals surface area contributed by atoms with Crippen LogP contribution < -0.4 is 10.0 Å². The van der Waals surface area contributed by atoms with Crippen LogP contribution in [0.5, 0.6) is 0 Å². The van der Waals surface area contributed by atoms with Crippen LogP contribution in [0.15, 0.2) is 29.2 Å². The van der Waals surface area contributed by atoms with Crippen LogP contribution in [0.4, 0.5) is 13.2 Å². The molecule has 0 radical (unpaired) electrons. The largest absolute Gasteiger partial charge is 0.416 e. The Morgan fingerprint density at radius 1 is 1.35 bits per heavy atom. The maximum Gasteiger partial charge on any atom is 0.416 e. The van der Waals surface area contributed by atoms with Crippen LogP contribution in [0.2, 0.25) is 0 Å². The Morgan fingerprint density at radius 3 is 2.61 bits per heavy atom. The van der Waals surface area contributed by atoms with Crippen molar-refractivity contribution in [2.75, 3.05) is 19.6 Å². The van der Waals surface area contributed by atoms with E-state index in [2.05, 4.69) is 10.0 Å². The lowest BCUT2D eigenvalue weighted by molar-refractivity contribution is -0.137. The Labute approximate surface area is 140 Å². The molecule has 1 aromatic carbocycles. The number of alkyl halides is 3. The van der Waals surface area contributed by atoms with E-state index in [4.69, 9.17) is 0 Å². The first-order valence-corrected chi connectivity index (χ1v) is 8.48. The summed E-state index contributed by atoms with van der Waals surface area (Å²) in [5, 5.41) is 3.20. The maximum atomic E-state index is 12.7. The summed E-state index contributed by atoms with van der Waals surface area (Å²) in [6, 6.07) is 3.77. The van der Waals surface area contributed by atoms with Crippen molar-refractivity contribution in [3.05, 3.63) is 29.8 Å². The van der Waals surface area contributed by atoms with Crippen molar-refractivity contribution in [3.63, 3.8) is 0 Å². The zero-order valence-corrected chi connectivity index (χ0v) is 14.2. The normalized spacial score (nSPS) is 22.4. The molecule has 23 heavy (non-hydrogen) atoms. The van der Waals surface area contributed by atoms with E-state index in [1.165, 1.54) is 6.07 Å². The molecule has 0 saturated carbocycles. The lowest BCUT2D eigenvalue weighted by atomic mass is 9.83. The molecule has 2 N–H and O–H groups in total. The number of piperidine rings is 1. The Morgan fingerprint density at radius 2 is 2.04 bits per heavy atom. The van der Waals surface area contributed by atoms with Crippen molar-refractivity contribution in [1.29, 1.82) is 0 Å². The molecule has 1 atom stereocenters. The number of sulfonamides is 1. The molecule has 0 amide bonds. The van der Waals surface area contributed by atoms with Gasteiger partial charge in [0.05, 0.1) is 10.5 Å². The Bertz CT molecular complexity index is 629. The second-order valence-electron chi connectivity index (χ2n) is 5.94. The zero-order chi connectivity index (χ0) is 16.4. The monoisotopic (exact) mass is 372 g/mol. The van der Waals surface area contributed by atoms with Crippen LogP contribution in [0, 0.1) is 5.41 Å². The number of rotatable bonds is 4. The first kappa shape index (κ1) is 20.2. The third kappa shape index (κ3) is 5.34. The summed E-state index contributed by atoms with van der Waals surface area (Å²) in [7, 11) is -3.96. The standard InChI is InChI=1S/C14H19F3N2O2S.ClH/c1-13(6-3-7-18-9-13)10-19-22(20,21)12-5-2-4-11(8-12)14(15,16)17;/h2,4-5,8,18-19H,3,6-7,9-10H2,1H3;1H. The van der Waals surface area contributed by atoms with Crippen LogP contribution in [-0.4, -0.2) is 28.1 Å². The van der Waals surface area contributed by atoms with E-state index < -0.39 is 21.8 Å². The summed E-state index contributed by atoms with van der Waals surface area (Å²) in [5.41, 5.74) is -1.20. The van der Waals surface area contributed by atoms with Crippen molar-refractivity contribution in [3.8, 4) is 0 Å². The van der Waals surface area contributed by atoms with E-state index in [0.29, 0.717) is 12.6 Å². The second kappa shape index (κ2) is 7.38. The fourth-order valence-corrected chi connectivity index (χ4v) is 3.71. The minimum absolute atomic E-state index is 0. The maximum absolute atomic E-state index is 12.7. The number of halogens is 4. The minimum atomic E-state index is -4.56. The van der Waals surface area contributed by atoms with Gasteiger partial charge in [0, 0.05) is 13.1 Å². The molecule has 132 valence electrons. The third-order valence-electron chi connectivity index (χ3n) is 3.85. The minimum Gasteiger partial charge on any atom is -0.316 e. The van der Waals surface area contributed by atoms with Gasteiger partial charge in [0.15, 0.2) is 0 Å². The van der Waals surface area contributed by atoms with Crippen molar-refractivity contribution in [1.82, 2.24) is 10.0 Å². The van der Waals surface area contributed by atoms with E-state index in [1.54, 1.807) is 0 Å². The van der Waals surface area contributed by atoms with Gasteiger partial charge in [-0.25, -0.2) is 13.1 Å². The van der Waals surface area contributed by atoms with Crippen LogP contribution in [0.3, 0.4) is 0 Å². The highest BCUT2D eigenvalue weighted by Crippen LogP contribution is 2.30. The fraction of sp³-hybridized carbons (Fsp3) is 0.571. The Hall–Kier alpha value is -0.830. The number of nitrogens with one attached hydrogen (secondary N) is 2. The summed E-state index contributed by atoms with van der Waals surface area (Å²) < 4.78 is 64.8. The van der Waals surface area contributed by atoms with Gasteiger partial charge in [0.1, 0.15) is 0 Å². The molecule has 0 bridgehead atoms. The van der Waals surface area contributed by atoms with Gasteiger partial charge in [-0.15, -0.1) is 12.4 Å². The number of hydrogen-bond acceptors (Lipinski definition) is 3. The number of benzene rings is 1. The van der Waals surface area contributed by atoms with Crippen molar-refractivity contribution in [2.24, 2.45) is 5.41 Å². The highest BCUT2D eigenvalue weighted by Gasteiger charge is 2.32. The molecular formula is C14H20ClF3N2O2S. The summed E-state index contributed by atoms with van der Waals surface area (Å²) in [4.78, 5) is -0.366. The summed E-state index contributed by atoms with van der Waals surface area (Å²) in [5.74, 6) is 0. The van der Waals surface area contributed by atoms with Crippen molar-refractivity contribution < 1.29 is 21.6 Å². The molecule has 1 aromatic rings. The van der Waals surface area contributed by atoms with Crippen LogP contribution >= 0.6 is 12.4 Å². The SMILES string of the molecule is CC1(CNS(=O)(=O)c2cccc(C(F)(F)F)c2)CCCNC1.Cl. The first-order chi connectivity index (χ1) is 10.1. The van der Waals surface area contributed by atoms with Gasteiger partial charge in [-0.2, -0.15) is 13.2 Å². The molecule has 1 heterocycles. The van der Waals surface area contributed by atoms with Crippen LogP contribution in [0.1, 0.15) is 25.3 Å². The Balaban J connectivity index is 0.00000264. The summed E-state index contributed by atoms with van der Waals surface area (Å²) in [6.45, 7) is 3.72. The molecule has 0 aliphatic carbocycles. The highest BCUT2D eigenvalue weighted by atomic mass is 35.5. The molecule has 1 saturated heterocycles. The van der Waals surface area contributed by atoms with Crippen LogP contribution in [-0.2, 0) is 16.2 Å². The summed E-state index contributed by atoms with van der Waals surface area (Å²) in [6.07, 6.45) is -2.75. The van der Waals surface area contributed by atoms with Gasteiger partial charge >= 0.3 is 6.18 Å². The van der Waals surface area contributed by atoms with E-state index in [0.717, 1.165) is 31.5 Å². The fourth-order valence-electron chi connectivity index (χ4n) is 2.46. The molecule has 0 spiro atoms. The van der Waals surface area contributed by atoms with Crippen LogP contribution in [0.25, 0.3) is 0 Å². The first-order valence-electron chi connectivity index (χ1n) is 7.00. The zero-order valence-electron chi connectivity index (χ0n) is 12.6. The van der Waals surface area contributed by atoms with Gasteiger partial charge in [0.2, 0.25) is 10.0 Å². The average molecular weight is 373 g/mol. The predicted octanol–water partition coefficient (Wildman–Crippen LogP) is 2.80. The quantitative estimate of drug-likeness (QED) is 0.854. The third-order valence-corrected chi connectivity index (χ3v) is 5.25. The highest BCUT2D eigenvalue weighted by molar-refractivity contribution is 7.89. The smallest absolute Gasteiger partial charge is 0.316 e. The van der Waals surface area contributed by atoms with Gasteiger partial charge in [-0.1, -0.05) is 13.0 Å². The van der Waals surface area contributed by atoms with E-state index in [9.17, 15) is 21.6 Å². The lowest BCUT2D eigenvalue weighted by Gasteiger charge is -2.34. The van der Waals surface area contributed by atoms with Gasteiger partial charge in [-0.3, -0.25) is 0 Å². The van der Waals surface area contributed by atoms with Gasteiger partial charge in [0.25, 0.3) is 0 Å². The molecule has 1 fully saturated rings. The average Bonchev–Trinajstić information content (AvgIpc) is 2.46. The number of hydrogen-bond donors (Lipinski definition) is 2. The van der Waals surface area contributed by atoms with E-state index >= 15 is 0 Å². The van der Waals surface area contributed by atoms with Crippen molar-refractivity contribution in [2.45, 2.75) is 30.8 Å². The van der Waals surface area contributed by atoms with E-state index in [1.807, 2.05) is 6.92 Å². The molecule has 2 rings (SSSR count). The molecule has 1 aliphatic heterocycles. The topological polar surface area (TPSA) is 58.2 Å².